The second-order valence-corrected chi connectivity index (χ2v) is 23.0. The van der Waals surface area contributed by atoms with E-state index in [0.717, 1.165) is 143 Å². The molecule has 0 aliphatic heterocycles. The van der Waals surface area contributed by atoms with Crippen LogP contribution in [0.15, 0.2) is 303 Å². The van der Waals surface area contributed by atoms with Gasteiger partial charge in [-0.15, -0.1) is 0 Å². The molecule has 6 aromatic heterocycles. The summed E-state index contributed by atoms with van der Waals surface area (Å²) in [4.78, 5) is 16.4. The molecule has 0 saturated heterocycles. The molecule has 0 unspecified atom stereocenters. The van der Waals surface area contributed by atoms with Gasteiger partial charge in [0.15, 0.2) is 17.5 Å². The van der Waals surface area contributed by atoms with Crippen molar-refractivity contribution >= 4 is 109 Å². The Morgan fingerprint density at radius 1 is 0.202 bits per heavy atom. The van der Waals surface area contributed by atoms with Crippen molar-refractivity contribution in [2.45, 2.75) is 0 Å². The molecule has 0 bridgehead atoms. The number of rotatable bonds is 8. The summed E-state index contributed by atoms with van der Waals surface area (Å²) in [5.74, 6) is 1.72. The van der Waals surface area contributed by atoms with Gasteiger partial charge in [0, 0.05) is 81.9 Å². The SMILES string of the molecule is c1ccc(-c2nc(-c3ccccc3)nc(-c3cc(-n4c5ccccc5c5ccccc54)c(-n4c5ccccc5c5ccccc54)c(-n4c5ccccc5c5c6c(c7ccccc7n6-c6ccccc6)c6c(c7ccccc7n6-c6ccccc6)c54)c3)n2)cc1. The van der Waals surface area contributed by atoms with E-state index in [0.29, 0.717) is 17.5 Å². The lowest BCUT2D eigenvalue weighted by Gasteiger charge is -2.24. The third-order valence-corrected chi connectivity index (χ3v) is 18.3. The molecule has 19 aromatic rings. The molecule has 89 heavy (non-hydrogen) atoms. The molecule has 0 aliphatic carbocycles. The summed E-state index contributed by atoms with van der Waals surface area (Å²) in [5.41, 5.74) is 18.6. The van der Waals surface area contributed by atoms with Gasteiger partial charge in [-0.1, -0.05) is 224 Å². The molecule has 0 atom stereocenters. The van der Waals surface area contributed by atoms with Gasteiger partial charge in [0.25, 0.3) is 0 Å². The molecule has 0 N–H and O–H groups in total. The van der Waals surface area contributed by atoms with E-state index >= 15 is 0 Å². The van der Waals surface area contributed by atoms with Gasteiger partial charge in [-0.3, -0.25) is 0 Å². The third kappa shape index (κ3) is 7.14. The fraction of sp³-hybridized carbons (Fsp3) is 0. The lowest BCUT2D eigenvalue weighted by Crippen LogP contribution is -2.11. The maximum absolute atomic E-state index is 5.57. The van der Waals surface area contributed by atoms with Gasteiger partial charge in [-0.05, 0) is 78.9 Å². The highest BCUT2D eigenvalue weighted by atomic mass is 15.1. The first-order valence-corrected chi connectivity index (χ1v) is 30.3. The minimum atomic E-state index is 0.549. The molecule has 0 spiro atoms. The highest BCUT2D eigenvalue weighted by Gasteiger charge is 2.32. The van der Waals surface area contributed by atoms with E-state index < -0.39 is 0 Å². The Balaban J connectivity index is 1.10. The van der Waals surface area contributed by atoms with E-state index in [2.05, 4.69) is 290 Å². The minimum Gasteiger partial charge on any atom is -0.308 e. The summed E-state index contributed by atoms with van der Waals surface area (Å²) in [6, 6.07) is 110. The molecular formula is C81H50N8. The summed E-state index contributed by atoms with van der Waals surface area (Å²) in [7, 11) is 0. The first-order valence-electron chi connectivity index (χ1n) is 30.3. The van der Waals surface area contributed by atoms with Gasteiger partial charge in [0.2, 0.25) is 0 Å². The molecule has 8 heteroatoms. The molecule has 19 rings (SSSR count). The van der Waals surface area contributed by atoms with Gasteiger partial charge < -0.3 is 22.8 Å². The molecule has 414 valence electrons. The molecule has 13 aromatic carbocycles. The predicted octanol–water partition coefficient (Wildman–Crippen LogP) is 20.4. The number of nitrogens with zero attached hydrogens (tertiary/aromatic N) is 8. The Hall–Kier alpha value is -12.1. The standard InChI is InChI=1S/C81H50N8/c1-5-27-51(28-6-1)79-82-80(52-29-7-2-8-30-52)84-81(83-79)53-49-70(87-63-42-20-13-35-56(63)57-36-14-21-43-64(57)87)75(88-65-44-22-15-37-58(65)59-38-16-23-45-66(59)88)71(50-53)89-69-48-26-19-41-62(69)74-77-72(60-39-17-24-46-67(60)85(77)54-31-9-3-10-32-54)76-73(78(74)89)61-40-18-25-47-68(61)86(76)55-33-11-4-12-34-55/h1-50H. The van der Waals surface area contributed by atoms with Crippen LogP contribution in [0.2, 0.25) is 0 Å². The summed E-state index contributed by atoms with van der Waals surface area (Å²) >= 11 is 0. The van der Waals surface area contributed by atoms with Crippen LogP contribution in [0.5, 0.6) is 0 Å². The van der Waals surface area contributed by atoms with Crippen molar-refractivity contribution < 1.29 is 0 Å². The molecule has 8 nitrogen and oxygen atoms in total. The van der Waals surface area contributed by atoms with Gasteiger partial charge in [-0.2, -0.15) is 0 Å². The van der Waals surface area contributed by atoms with Gasteiger partial charge in [-0.25, -0.2) is 15.0 Å². The van der Waals surface area contributed by atoms with Crippen molar-refractivity contribution in [1.29, 1.82) is 0 Å². The van der Waals surface area contributed by atoms with Gasteiger partial charge in [0.1, 0.15) is 0 Å². The second kappa shape index (κ2) is 19.2. The Morgan fingerprint density at radius 2 is 0.461 bits per heavy atom. The Bertz CT molecular complexity index is 5850. The van der Waals surface area contributed by atoms with Crippen molar-refractivity contribution in [3.8, 4) is 62.6 Å². The molecular weight excluding hydrogens is 1080 g/mol. The zero-order valence-corrected chi connectivity index (χ0v) is 47.9. The number of benzene rings is 13. The molecule has 0 saturated carbocycles. The van der Waals surface area contributed by atoms with E-state index in [1.54, 1.807) is 0 Å². The zero-order valence-electron chi connectivity index (χ0n) is 47.9. The zero-order chi connectivity index (χ0) is 58.3. The summed E-state index contributed by atoms with van der Waals surface area (Å²) in [5, 5.41) is 11.6. The van der Waals surface area contributed by atoms with Crippen LogP contribution in [0, 0.1) is 0 Å². The van der Waals surface area contributed by atoms with E-state index in [-0.39, 0.29) is 0 Å². The van der Waals surface area contributed by atoms with Crippen LogP contribution in [-0.4, -0.2) is 37.8 Å². The Labute approximate surface area is 509 Å². The number of para-hydroxylation sites is 9. The van der Waals surface area contributed by atoms with Crippen LogP contribution < -0.4 is 0 Å². The minimum absolute atomic E-state index is 0.549. The highest BCUT2D eigenvalue weighted by Crippen LogP contribution is 2.52. The molecule has 6 heterocycles. The first-order chi connectivity index (χ1) is 44.2. The van der Waals surface area contributed by atoms with Gasteiger partial charge >= 0.3 is 0 Å². The summed E-state index contributed by atoms with van der Waals surface area (Å²) < 4.78 is 12.7. The number of fused-ring (bicyclic) bond motifs is 18. The summed E-state index contributed by atoms with van der Waals surface area (Å²) in [6.07, 6.45) is 0. The monoisotopic (exact) mass is 1130 g/mol. The van der Waals surface area contributed by atoms with Crippen molar-refractivity contribution in [3.63, 3.8) is 0 Å². The average molecular weight is 1140 g/mol. The van der Waals surface area contributed by atoms with Gasteiger partial charge in [0.05, 0.1) is 72.2 Å². The van der Waals surface area contributed by atoms with E-state index in [4.69, 9.17) is 15.0 Å². The van der Waals surface area contributed by atoms with E-state index in [9.17, 15) is 0 Å². The second-order valence-electron chi connectivity index (χ2n) is 23.0. The van der Waals surface area contributed by atoms with E-state index in [1.165, 1.54) is 10.8 Å². The molecule has 0 aliphatic rings. The van der Waals surface area contributed by atoms with Crippen LogP contribution in [0.25, 0.3) is 172 Å². The Morgan fingerprint density at radius 3 is 0.831 bits per heavy atom. The fourth-order valence-corrected chi connectivity index (χ4v) is 14.7. The predicted molar refractivity (Wildman–Crippen MR) is 368 cm³/mol. The van der Waals surface area contributed by atoms with Crippen molar-refractivity contribution in [2.24, 2.45) is 0 Å². The van der Waals surface area contributed by atoms with Crippen molar-refractivity contribution in [1.82, 2.24) is 37.8 Å². The van der Waals surface area contributed by atoms with E-state index in [1.807, 2.05) is 36.4 Å². The van der Waals surface area contributed by atoms with Crippen LogP contribution in [0.4, 0.5) is 0 Å². The summed E-state index contributed by atoms with van der Waals surface area (Å²) in [6.45, 7) is 0. The molecule has 0 fully saturated rings. The lowest BCUT2D eigenvalue weighted by atomic mass is 10.0. The number of hydrogen-bond acceptors (Lipinski definition) is 3. The number of hydrogen-bond donors (Lipinski definition) is 0. The van der Waals surface area contributed by atoms with Crippen LogP contribution >= 0.6 is 0 Å². The largest absolute Gasteiger partial charge is 0.308 e. The van der Waals surface area contributed by atoms with Crippen LogP contribution in [-0.2, 0) is 0 Å². The number of aromatic nitrogens is 8. The topological polar surface area (TPSA) is 63.3 Å². The molecule has 0 radical (unpaired) electrons. The van der Waals surface area contributed by atoms with Crippen LogP contribution in [0.1, 0.15) is 0 Å². The first kappa shape index (κ1) is 49.2. The highest BCUT2D eigenvalue weighted by molar-refractivity contribution is 6.40. The normalized spacial score (nSPS) is 12.0. The maximum Gasteiger partial charge on any atom is 0.164 e. The fourth-order valence-electron chi connectivity index (χ4n) is 14.7. The quantitative estimate of drug-likeness (QED) is 0.152. The van der Waals surface area contributed by atoms with Crippen LogP contribution in [0.3, 0.4) is 0 Å². The maximum atomic E-state index is 5.57. The lowest BCUT2D eigenvalue weighted by molar-refractivity contribution is 1.04. The van der Waals surface area contributed by atoms with Crippen molar-refractivity contribution in [3.05, 3.63) is 303 Å². The third-order valence-electron chi connectivity index (χ3n) is 18.3. The Kier molecular flexibility index (Phi) is 10.6. The average Bonchev–Trinajstić information content (AvgIpc) is 1.52. The van der Waals surface area contributed by atoms with Crippen molar-refractivity contribution in [2.75, 3.05) is 0 Å². The smallest absolute Gasteiger partial charge is 0.164 e. The molecule has 0 amide bonds.